The van der Waals surface area contributed by atoms with E-state index >= 15 is 0 Å². The van der Waals surface area contributed by atoms with E-state index in [9.17, 15) is 9.59 Å². The molecule has 0 aliphatic carbocycles. The van der Waals surface area contributed by atoms with Crippen LogP contribution < -0.4 is 5.73 Å². The normalized spacial score (nSPS) is 25.3. The van der Waals surface area contributed by atoms with E-state index in [1.165, 1.54) is 11.3 Å². The van der Waals surface area contributed by atoms with Gasteiger partial charge in [0.2, 0.25) is 5.91 Å². The molecule has 0 spiro atoms. The summed E-state index contributed by atoms with van der Waals surface area (Å²) in [5.74, 6) is 0.391. The predicted molar refractivity (Wildman–Crippen MR) is 93.7 cm³/mol. The zero-order chi connectivity index (χ0) is 17.4. The van der Waals surface area contributed by atoms with Gasteiger partial charge in [-0.3, -0.25) is 9.59 Å². The number of nitrogens with two attached hydrogens (primary N) is 1. The molecule has 0 unspecified atom stereocenters. The maximum absolute atomic E-state index is 12.9. The van der Waals surface area contributed by atoms with E-state index in [2.05, 4.69) is 18.8 Å². The Labute approximate surface area is 147 Å². The molecule has 0 aromatic carbocycles. The maximum Gasteiger partial charge on any atom is 0.274 e. The largest absolute Gasteiger partial charge is 0.336 e. The van der Waals surface area contributed by atoms with Crippen LogP contribution in [0.25, 0.3) is 0 Å². The van der Waals surface area contributed by atoms with Crippen molar-refractivity contribution in [1.29, 1.82) is 0 Å². The number of aromatic nitrogens is 1. The molecule has 2 amide bonds. The van der Waals surface area contributed by atoms with E-state index in [4.69, 9.17) is 5.73 Å². The molecular formula is C17H26N4O2S. The van der Waals surface area contributed by atoms with Crippen molar-refractivity contribution < 1.29 is 9.59 Å². The third-order valence-electron chi connectivity index (χ3n) is 4.94. The van der Waals surface area contributed by atoms with Crippen molar-refractivity contribution in [2.45, 2.75) is 58.2 Å². The topological polar surface area (TPSA) is 79.5 Å². The van der Waals surface area contributed by atoms with E-state index in [1.807, 2.05) is 11.8 Å². The average molecular weight is 350 g/mol. The first-order valence-electron chi connectivity index (χ1n) is 8.71. The smallest absolute Gasteiger partial charge is 0.274 e. The maximum atomic E-state index is 12.9. The van der Waals surface area contributed by atoms with Crippen LogP contribution in [-0.4, -0.2) is 51.8 Å². The summed E-state index contributed by atoms with van der Waals surface area (Å²) in [5, 5.41) is 2.57. The lowest BCUT2D eigenvalue weighted by molar-refractivity contribution is -0.141. The van der Waals surface area contributed by atoms with E-state index in [0.717, 1.165) is 30.8 Å². The minimum absolute atomic E-state index is 0.0593. The van der Waals surface area contributed by atoms with Crippen LogP contribution in [0.15, 0.2) is 5.38 Å². The molecule has 132 valence electrons. The minimum Gasteiger partial charge on any atom is -0.336 e. The van der Waals surface area contributed by atoms with Gasteiger partial charge in [-0.25, -0.2) is 4.98 Å². The first kappa shape index (κ1) is 17.4. The van der Waals surface area contributed by atoms with E-state index < -0.39 is 6.04 Å². The van der Waals surface area contributed by atoms with Crippen LogP contribution in [0.4, 0.5) is 0 Å². The third-order valence-corrected chi connectivity index (χ3v) is 5.91. The number of nitrogens with zero attached hydrogens (tertiary/aromatic N) is 3. The van der Waals surface area contributed by atoms with Crippen LogP contribution >= 0.6 is 11.3 Å². The Kier molecular flexibility index (Phi) is 4.92. The number of hydrogen-bond acceptors (Lipinski definition) is 5. The molecule has 0 radical (unpaired) electrons. The lowest BCUT2D eigenvalue weighted by Gasteiger charge is -2.41. The summed E-state index contributed by atoms with van der Waals surface area (Å²) in [6, 6.07) is -0.387. The van der Waals surface area contributed by atoms with Crippen molar-refractivity contribution in [1.82, 2.24) is 14.8 Å². The van der Waals surface area contributed by atoms with Gasteiger partial charge in [0.05, 0.1) is 6.04 Å². The second kappa shape index (κ2) is 6.80. The van der Waals surface area contributed by atoms with Crippen LogP contribution in [0, 0.1) is 5.92 Å². The quantitative estimate of drug-likeness (QED) is 0.901. The lowest BCUT2D eigenvalue weighted by Crippen LogP contribution is -2.60. The van der Waals surface area contributed by atoms with Gasteiger partial charge >= 0.3 is 0 Å². The van der Waals surface area contributed by atoms with Crippen LogP contribution in [0.1, 0.15) is 61.6 Å². The zero-order valence-electron chi connectivity index (χ0n) is 14.6. The number of carbonyl (C=O) groups is 2. The van der Waals surface area contributed by atoms with Gasteiger partial charge in [0.15, 0.2) is 0 Å². The fraction of sp³-hybridized carbons (Fsp3) is 0.706. The fourth-order valence-electron chi connectivity index (χ4n) is 3.64. The van der Waals surface area contributed by atoms with Crippen molar-refractivity contribution in [3.8, 4) is 0 Å². The number of fused-ring (bicyclic) bond motifs is 1. The molecule has 2 aliphatic heterocycles. The van der Waals surface area contributed by atoms with Gasteiger partial charge in [-0.15, -0.1) is 11.3 Å². The number of thiazole rings is 1. The molecule has 2 N–H and O–H groups in total. The number of hydrogen-bond donors (Lipinski definition) is 1. The number of piperazine rings is 1. The molecule has 24 heavy (non-hydrogen) atoms. The second-order valence-electron chi connectivity index (χ2n) is 7.27. The van der Waals surface area contributed by atoms with Crippen molar-refractivity contribution in [3.05, 3.63) is 16.1 Å². The highest BCUT2D eigenvalue weighted by molar-refractivity contribution is 7.09. The Balaban J connectivity index is 1.74. The standard InChI is InChI=1S/C17H26N4O2S/c1-10(2)7-13(18)15-19-14(9-24-15)17(23)21-8-12-5-4-6-20(12)16(22)11(21)3/h9-13H,4-8,18H2,1-3H3/t11-,12+,13+/m1/s1. The first-order chi connectivity index (χ1) is 11.4. The van der Waals surface area contributed by atoms with E-state index in [1.54, 1.807) is 10.3 Å². The van der Waals surface area contributed by atoms with Crippen LogP contribution in [0.3, 0.4) is 0 Å². The lowest BCUT2D eigenvalue weighted by atomic mass is 10.1. The summed E-state index contributed by atoms with van der Waals surface area (Å²) in [7, 11) is 0. The van der Waals surface area contributed by atoms with Crippen LogP contribution in [-0.2, 0) is 4.79 Å². The summed E-state index contributed by atoms with van der Waals surface area (Å²) in [6.07, 6.45) is 2.84. The summed E-state index contributed by atoms with van der Waals surface area (Å²) in [6.45, 7) is 7.48. The third kappa shape index (κ3) is 3.19. The SMILES string of the molecule is CC(C)C[C@H](N)c1nc(C(=O)N2C[C@@H]3CCCN3C(=O)[C@H]2C)cs1. The molecule has 3 rings (SSSR count). The Morgan fingerprint density at radius 3 is 2.96 bits per heavy atom. The molecule has 0 bridgehead atoms. The Bertz CT molecular complexity index is 630. The van der Waals surface area contributed by atoms with Gasteiger partial charge in [-0.1, -0.05) is 13.8 Å². The van der Waals surface area contributed by atoms with Gasteiger partial charge < -0.3 is 15.5 Å². The predicted octanol–water partition coefficient (Wildman–Crippen LogP) is 2.02. The van der Waals surface area contributed by atoms with Crippen molar-refractivity contribution >= 4 is 23.2 Å². The van der Waals surface area contributed by atoms with Gasteiger partial charge in [-0.2, -0.15) is 0 Å². The van der Waals surface area contributed by atoms with Gasteiger partial charge in [0, 0.05) is 24.5 Å². The molecule has 6 nitrogen and oxygen atoms in total. The van der Waals surface area contributed by atoms with Crippen LogP contribution in [0.5, 0.6) is 0 Å². The molecule has 0 saturated carbocycles. The number of carbonyl (C=O) groups excluding carboxylic acids is 2. The molecule has 2 saturated heterocycles. The number of rotatable bonds is 4. The summed E-state index contributed by atoms with van der Waals surface area (Å²) in [4.78, 5) is 33.4. The highest BCUT2D eigenvalue weighted by atomic mass is 32.1. The Morgan fingerprint density at radius 1 is 1.50 bits per heavy atom. The minimum atomic E-state index is -0.415. The zero-order valence-corrected chi connectivity index (χ0v) is 15.4. The highest BCUT2D eigenvalue weighted by Crippen LogP contribution is 2.28. The summed E-state index contributed by atoms with van der Waals surface area (Å²) in [5.41, 5.74) is 6.59. The van der Waals surface area contributed by atoms with Crippen molar-refractivity contribution in [2.75, 3.05) is 13.1 Å². The van der Waals surface area contributed by atoms with E-state index in [-0.39, 0.29) is 23.9 Å². The Hall–Kier alpha value is -1.47. The van der Waals surface area contributed by atoms with Gasteiger partial charge in [-0.05, 0) is 32.1 Å². The fourth-order valence-corrected chi connectivity index (χ4v) is 4.45. The average Bonchev–Trinajstić information content (AvgIpc) is 3.18. The molecule has 3 heterocycles. The molecule has 2 aliphatic rings. The summed E-state index contributed by atoms with van der Waals surface area (Å²) >= 11 is 1.43. The molecule has 1 aromatic rings. The molecule has 1 aromatic heterocycles. The molecule has 7 heteroatoms. The molecule has 2 fully saturated rings. The number of amides is 2. The Morgan fingerprint density at radius 2 is 2.25 bits per heavy atom. The van der Waals surface area contributed by atoms with Crippen molar-refractivity contribution in [2.24, 2.45) is 11.7 Å². The van der Waals surface area contributed by atoms with Gasteiger partial charge in [0.1, 0.15) is 16.7 Å². The van der Waals surface area contributed by atoms with Gasteiger partial charge in [0.25, 0.3) is 5.91 Å². The van der Waals surface area contributed by atoms with Crippen LogP contribution in [0.2, 0.25) is 0 Å². The van der Waals surface area contributed by atoms with Crippen molar-refractivity contribution in [3.63, 3.8) is 0 Å². The monoisotopic (exact) mass is 350 g/mol. The molecule has 3 atom stereocenters. The first-order valence-corrected chi connectivity index (χ1v) is 9.59. The van der Waals surface area contributed by atoms with E-state index in [0.29, 0.717) is 18.2 Å². The highest BCUT2D eigenvalue weighted by Gasteiger charge is 2.42. The second-order valence-corrected chi connectivity index (χ2v) is 8.16. The molecular weight excluding hydrogens is 324 g/mol. The summed E-state index contributed by atoms with van der Waals surface area (Å²) < 4.78 is 0.